The van der Waals surface area contributed by atoms with Crippen molar-refractivity contribution in [3.05, 3.63) is 21.9 Å². The van der Waals surface area contributed by atoms with E-state index in [9.17, 15) is 9.90 Å². The molecule has 4 nitrogen and oxygen atoms in total. The summed E-state index contributed by atoms with van der Waals surface area (Å²) >= 11 is 1.79. The molecule has 0 aliphatic carbocycles. The van der Waals surface area contributed by atoms with Crippen molar-refractivity contribution in [3.8, 4) is 0 Å². The Labute approximate surface area is 131 Å². The van der Waals surface area contributed by atoms with Gasteiger partial charge in [0.15, 0.2) is 0 Å². The van der Waals surface area contributed by atoms with E-state index < -0.39 is 0 Å². The maximum absolute atomic E-state index is 11.8. The van der Waals surface area contributed by atoms with Crippen LogP contribution in [0.15, 0.2) is 11.4 Å². The lowest BCUT2D eigenvalue weighted by Crippen LogP contribution is -2.31. The van der Waals surface area contributed by atoms with E-state index in [0.717, 1.165) is 38.9 Å². The summed E-state index contributed by atoms with van der Waals surface area (Å²) in [5.74, 6) is 0.440. The Balaban J connectivity index is 1.95. The van der Waals surface area contributed by atoms with E-state index in [0.29, 0.717) is 18.9 Å². The molecule has 21 heavy (non-hydrogen) atoms. The van der Waals surface area contributed by atoms with Gasteiger partial charge in [-0.25, -0.2) is 0 Å². The van der Waals surface area contributed by atoms with Crippen LogP contribution in [-0.2, 0) is 11.3 Å². The van der Waals surface area contributed by atoms with Gasteiger partial charge in [0.2, 0.25) is 5.91 Å². The highest BCUT2D eigenvalue weighted by molar-refractivity contribution is 7.10. The number of aryl methyl sites for hydroxylation is 1. The summed E-state index contributed by atoms with van der Waals surface area (Å²) in [5, 5.41) is 14.5. The molecule has 1 aliphatic rings. The van der Waals surface area contributed by atoms with Crippen LogP contribution in [0, 0.1) is 12.8 Å². The Hall–Kier alpha value is -0.910. The number of carbonyl (C=O) groups excluding carboxylic acids is 1. The molecule has 118 valence electrons. The first kappa shape index (κ1) is 16.5. The third kappa shape index (κ3) is 5.41. The van der Waals surface area contributed by atoms with Crippen LogP contribution < -0.4 is 5.32 Å². The normalized spacial score (nSPS) is 22.6. The molecule has 1 aromatic heterocycles. The first-order valence-corrected chi connectivity index (χ1v) is 8.70. The van der Waals surface area contributed by atoms with Crippen molar-refractivity contribution in [2.45, 2.75) is 39.2 Å². The van der Waals surface area contributed by atoms with Gasteiger partial charge in [0, 0.05) is 37.5 Å². The number of aliphatic hydroxyl groups excluding tert-OH is 1. The summed E-state index contributed by atoms with van der Waals surface area (Å²) < 4.78 is 0. The van der Waals surface area contributed by atoms with Crippen LogP contribution in [0.1, 0.15) is 36.1 Å². The number of aliphatic hydroxyl groups is 1. The van der Waals surface area contributed by atoms with Crippen LogP contribution >= 0.6 is 11.3 Å². The van der Waals surface area contributed by atoms with Crippen LogP contribution in [0.3, 0.4) is 0 Å². The zero-order chi connectivity index (χ0) is 15.1. The lowest BCUT2D eigenvalue weighted by molar-refractivity contribution is -0.121. The number of nitrogens with one attached hydrogen (secondary N) is 1. The molecule has 0 aromatic carbocycles. The van der Waals surface area contributed by atoms with Crippen LogP contribution in [0.2, 0.25) is 0 Å². The van der Waals surface area contributed by atoms with E-state index >= 15 is 0 Å². The van der Waals surface area contributed by atoms with E-state index in [2.05, 4.69) is 28.6 Å². The molecule has 1 unspecified atom stereocenters. The van der Waals surface area contributed by atoms with Gasteiger partial charge < -0.3 is 10.4 Å². The summed E-state index contributed by atoms with van der Waals surface area (Å²) in [6.07, 6.45) is 3.57. The molecule has 1 saturated heterocycles. The second-order valence-corrected chi connectivity index (χ2v) is 6.88. The Kier molecular flexibility index (Phi) is 6.67. The monoisotopic (exact) mass is 310 g/mol. The van der Waals surface area contributed by atoms with Crippen molar-refractivity contribution in [3.63, 3.8) is 0 Å². The summed E-state index contributed by atoms with van der Waals surface area (Å²) in [6, 6.07) is 2.15. The lowest BCUT2D eigenvalue weighted by atomic mass is 10.0. The topological polar surface area (TPSA) is 52.6 Å². The van der Waals surface area contributed by atoms with Crippen LogP contribution in [0.5, 0.6) is 0 Å². The van der Waals surface area contributed by atoms with Crippen LogP contribution in [0.25, 0.3) is 0 Å². The Morgan fingerprint density at radius 1 is 1.43 bits per heavy atom. The van der Waals surface area contributed by atoms with Gasteiger partial charge >= 0.3 is 0 Å². The van der Waals surface area contributed by atoms with Gasteiger partial charge in [-0.15, -0.1) is 11.3 Å². The predicted octanol–water partition coefficient (Wildman–Crippen LogP) is 2.16. The molecule has 1 amide bonds. The van der Waals surface area contributed by atoms with Crippen molar-refractivity contribution in [1.82, 2.24) is 10.2 Å². The number of rotatable bonds is 3. The number of carbonyl (C=O) groups is 1. The minimum Gasteiger partial charge on any atom is -0.396 e. The zero-order valence-corrected chi connectivity index (χ0v) is 13.6. The van der Waals surface area contributed by atoms with E-state index in [1.807, 2.05) is 0 Å². The molecule has 1 aromatic rings. The number of amides is 1. The summed E-state index contributed by atoms with van der Waals surface area (Å²) in [6.45, 7) is 5.80. The van der Waals surface area contributed by atoms with Crippen molar-refractivity contribution in [1.29, 1.82) is 0 Å². The van der Waals surface area contributed by atoms with E-state index in [1.54, 1.807) is 11.3 Å². The van der Waals surface area contributed by atoms with Gasteiger partial charge in [0.1, 0.15) is 0 Å². The molecular formula is C16H26N2O2S. The molecule has 0 bridgehead atoms. The van der Waals surface area contributed by atoms with E-state index in [4.69, 9.17) is 0 Å². The molecule has 0 saturated carbocycles. The minimum atomic E-state index is 0.126. The molecule has 2 rings (SSSR count). The fourth-order valence-electron chi connectivity index (χ4n) is 2.73. The maximum Gasteiger partial charge on any atom is 0.221 e. The molecule has 0 spiro atoms. The molecule has 0 radical (unpaired) electrons. The molecule has 1 atom stereocenters. The highest BCUT2D eigenvalue weighted by atomic mass is 32.1. The summed E-state index contributed by atoms with van der Waals surface area (Å²) in [5.41, 5.74) is 1.34. The van der Waals surface area contributed by atoms with E-state index in [-0.39, 0.29) is 12.5 Å². The van der Waals surface area contributed by atoms with Gasteiger partial charge in [0.25, 0.3) is 0 Å². The standard InChI is InChI=1S/C16H26N2O2S/c1-13-6-10-21-15(13)11-18-8-2-3-14(12-19)4-7-17-16(20)5-9-18/h6,10,14,19H,2-5,7-9,11-12H2,1H3,(H,17,20). The number of nitrogens with zero attached hydrogens (tertiary/aromatic N) is 1. The molecular weight excluding hydrogens is 284 g/mol. The van der Waals surface area contributed by atoms with Crippen molar-refractivity contribution in [2.24, 2.45) is 5.92 Å². The predicted molar refractivity (Wildman–Crippen MR) is 86.4 cm³/mol. The summed E-state index contributed by atoms with van der Waals surface area (Å²) in [7, 11) is 0. The SMILES string of the molecule is Cc1ccsc1CN1CCCC(CO)CCNC(=O)CC1. The smallest absolute Gasteiger partial charge is 0.221 e. The van der Waals surface area contributed by atoms with Gasteiger partial charge in [-0.05, 0) is 55.7 Å². The largest absolute Gasteiger partial charge is 0.396 e. The highest BCUT2D eigenvalue weighted by Crippen LogP contribution is 2.19. The Morgan fingerprint density at radius 3 is 3.00 bits per heavy atom. The molecule has 2 heterocycles. The van der Waals surface area contributed by atoms with Crippen LogP contribution in [0.4, 0.5) is 0 Å². The molecule has 1 fully saturated rings. The highest BCUT2D eigenvalue weighted by Gasteiger charge is 2.15. The van der Waals surface area contributed by atoms with Gasteiger partial charge in [-0.1, -0.05) is 0 Å². The second-order valence-electron chi connectivity index (χ2n) is 5.88. The quantitative estimate of drug-likeness (QED) is 0.899. The van der Waals surface area contributed by atoms with Gasteiger partial charge in [0.05, 0.1) is 0 Å². The first-order valence-electron chi connectivity index (χ1n) is 7.82. The van der Waals surface area contributed by atoms with Crippen molar-refractivity contribution < 1.29 is 9.90 Å². The average Bonchev–Trinajstić information content (AvgIpc) is 2.85. The fraction of sp³-hybridized carbons (Fsp3) is 0.688. The first-order chi connectivity index (χ1) is 10.2. The third-order valence-electron chi connectivity index (χ3n) is 4.21. The Bertz CT molecular complexity index is 447. The van der Waals surface area contributed by atoms with Crippen LogP contribution in [-0.4, -0.2) is 42.2 Å². The second kappa shape index (κ2) is 8.51. The van der Waals surface area contributed by atoms with Crippen molar-refractivity contribution in [2.75, 3.05) is 26.2 Å². The third-order valence-corrected chi connectivity index (χ3v) is 5.22. The summed E-state index contributed by atoms with van der Waals surface area (Å²) in [4.78, 5) is 15.6. The van der Waals surface area contributed by atoms with Gasteiger partial charge in [-0.2, -0.15) is 0 Å². The lowest BCUT2D eigenvalue weighted by Gasteiger charge is -2.22. The zero-order valence-electron chi connectivity index (χ0n) is 12.8. The average molecular weight is 310 g/mol. The minimum absolute atomic E-state index is 0.126. The number of hydrogen-bond donors (Lipinski definition) is 2. The molecule has 2 N–H and O–H groups in total. The Morgan fingerprint density at radius 2 is 2.29 bits per heavy atom. The number of thiophene rings is 1. The van der Waals surface area contributed by atoms with E-state index in [1.165, 1.54) is 10.4 Å². The maximum atomic E-state index is 11.8. The fourth-order valence-corrected chi connectivity index (χ4v) is 3.68. The van der Waals surface area contributed by atoms with Crippen molar-refractivity contribution >= 4 is 17.2 Å². The molecule has 5 heteroatoms. The van der Waals surface area contributed by atoms with Gasteiger partial charge in [-0.3, -0.25) is 9.69 Å². The number of hydrogen-bond acceptors (Lipinski definition) is 4. The molecule has 1 aliphatic heterocycles.